The molecule has 0 spiro atoms. The van der Waals surface area contributed by atoms with Gasteiger partial charge in [-0.1, -0.05) is 19.3 Å². The molecule has 4 heteroatoms. The number of hydrogen-bond acceptors (Lipinski definition) is 2. The fraction of sp³-hybridized carbons (Fsp3) is 0.538. The van der Waals surface area contributed by atoms with Crippen molar-refractivity contribution < 1.29 is 0 Å². The Morgan fingerprint density at radius 2 is 2.00 bits per heavy atom. The van der Waals surface area contributed by atoms with E-state index >= 15 is 0 Å². The standard InChI is InChI=1S/C13H16BrN3/c1-17-7-10(14)11-12(15-8-16-13(11)17)9-5-3-2-4-6-9/h7-9H,2-6H2,1H3. The second-order valence-electron chi connectivity index (χ2n) is 4.88. The van der Waals surface area contributed by atoms with Crippen molar-refractivity contribution in [3.63, 3.8) is 0 Å². The number of aromatic nitrogens is 3. The number of hydrogen-bond donors (Lipinski definition) is 0. The number of fused-ring (bicyclic) bond motifs is 1. The lowest BCUT2D eigenvalue weighted by Crippen LogP contribution is -2.07. The van der Waals surface area contributed by atoms with Crippen LogP contribution in [0.4, 0.5) is 0 Å². The van der Waals surface area contributed by atoms with E-state index in [1.54, 1.807) is 6.33 Å². The van der Waals surface area contributed by atoms with Crippen LogP contribution in [0.2, 0.25) is 0 Å². The molecule has 2 aromatic rings. The highest BCUT2D eigenvalue weighted by molar-refractivity contribution is 9.10. The van der Waals surface area contributed by atoms with Crippen molar-refractivity contribution in [2.45, 2.75) is 38.0 Å². The van der Waals surface area contributed by atoms with Crippen LogP contribution < -0.4 is 0 Å². The summed E-state index contributed by atoms with van der Waals surface area (Å²) in [5.41, 5.74) is 2.27. The van der Waals surface area contributed by atoms with Crippen molar-refractivity contribution in [2.75, 3.05) is 0 Å². The Kier molecular flexibility index (Phi) is 2.90. The molecule has 1 fully saturated rings. The maximum atomic E-state index is 4.55. The summed E-state index contributed by atoms with van der Waals surface area (Å²) in [7, 11) is 2.03. The summed E-state index contributed by atoms with van der Waals surface area (Å²) in [5, 5.41) is 1.21. The number of aryl methyl sites for hydroxylation is 1. The van der Waals surface area contributed by atoms with Gasteiger partial charge in [0, 0.05) is 23.6 Å². The zero-order valence-electron chi connectivity index (χ0n) is 9.99. The second-order valence-corrected chi connectivity index (χ2v) is 5.73. The van der Waals surface area contributed by atoms with E-state index in [4.69, 9.17) is 0 Å². The van der Waals surface area contributed by atoms with Crippen LogP contribution in [0.5, 0.6) is 0 Å². The van der Waals surface area contributed by atoms with Crippen molar-refractivity contribution in [2.24, 2.45) is 7.05 Å². The van der Waals surface area contributed by atoms with E-state index in [2.05, 4.69) is 36.7 Å². The molecular formula is C13H16BrN3. The minimum atomic E-state index is 0.618. The molecule has 2 heterocycles. The Balaban J connectivity index is 2.15. The molecule has 0 saturated heterocycles. The molecule has 0 atom stereocenters. The molecule has 90 valence electrons. The van der Waals surface area contributed by atoms with Crippen LogP contribution >= 0.6 is 15.9 Å². The molecule has 0 N–H and O–H groups in total. The molecule has 0 aromatic carbocycles. The molecule has 0 amide bonds. The van der Waals surface area contributed by atoms with Gasteiger partial charge in [0.25, 0.3) is 0 Å². The van der Waals surface area contributed by atoms with Crippen molar-refractivity contribution in [3.8, 4) is 0 Å². The monoisotopic (exact) mass is 293 g/mol. The molecule has 3 rings (SSSR count). The molecule has 1 aliphatic rings. The van der Waals surface area contributed by atoms with Gasteiger partial charge in [-0.15, -0.1) is 0 Å². The maximum Gasteiger partial charge on any atom is 0.144 e. The fourth-order valence-electron chi connectivity index (χ4n) is 2.87. The van der Waals surface area contributed by atoms with Crippen LogP contribution in [0.25, 0.3) is 11.0 Å². The average molecular weight is 294 g/mol. The number of halogens is 1. The lowest BCUT2D eigenvalue weighted by molar-refractivity contribution is 0.438. The molecule has 1 saturated carbocycles. The molecule has 17 heavy (non-hydrogen) atoms. The largest absolute Gasteiger partial charge is 0.334 e. The first-order valence-corrected chi connectivity index (χ1v) is 7.02. The molecule has 0 radical (unpaired) electrons. The molecular weight excluding hydrogens is 278 g/mol. The highest BCUT2D eigenvalue weighted by Crippen LogP contribution is 2.37. The van der Waals surface area contributed by atoms with Crippen LogP contribution in [-0.4, -0.2) is 14.5 Å². The topological polar surface area (TPSA) is 30.7 Å². The smallest absolute Gasteiger partial charge is 0.144 e. The third kappa shape index (κ3) is 1.88. The molecule has 2 aromatic heterocycles. The normalized spacial score (nSPS) is 17.8. The Hall–Kier alpha value is -0.900. The van der Waals surface area contributed by atoms with Gasteiger partial charge >= 0.3 is 0 Å². The van der Waals surface area contributed by atoms with Gasteiger partial charge < -0.3 is 4.57 Å². The van der Waals surface area contributed by atoms with Gasteiger partial charge in [0.2, 0.25) is 0 Å². The van der Waals surface area contributed by atoms with Crippen molar-refractivity contribution in [1.82, 2.24) is 14.5 Å². The van der Waals surface area contributed by atoms with Crippen molar-refractivity contribution in [1.29, 1.82) is 0 Å². The van der Waals surface area contributed by atoms with Crippen LogP contribution in [0.15, 0.2) is 17.0 Å². The van der Waals surface area contributed by atoms with E-state index in [1.165, 1.54) is 43.2 Å². The van der Waals surface area contributed by atoms with Gasteiger partial charge in [-0.2, -0.15) is 0 Å². The van der Waals surface area contributed by atoms with E-state index in [1.807, 2.05) is 7.05 Å². The van der Waals surface area contributed by atoms with Crippen molar-refractivity contribution >= 4 is 27.0 Å². The molecule has 0 unspecified atom stereocenters. The Morgan fingerprint density at radius 1 is 1.24 bits per heavy atom. The van der Waals surface area contributed by atoms with Crippen LogP contribution in [0.3, 0.4) is 0 Å². The van der Waals surface area contributed by atoms with Crippen LogP contribution in [0, 0.1) is 0 Å². The SMILES string of the molecule is Cn1cc(Br)c2c(C3CCCCC3)ncnc21. The summed E-state index contributed by atoms with van der Waals surface area (Å²) < 4.78 is 3.18. The highest BCUT2D eigenvalue weighted by Gasteiger charge is 2.21. The van der Waals surface area contributed by atoms with E-state index in [0.29, 0.717) is 5.92 Å². The van der Waals surface area contributed by atoms with Gasteiger partial charge in [-0.3, -0.25) is 0 Å². The van der Waals surface area contributed by atoms with Gasteiger partial charge in [0.15, 0.2) is 0 Å². The number of nitrogens with zero attached hydrogens (tertiary/aromatic N) is 3. The minimum absolute atomic E-state index is 0.618. The van der Waals surface area contributed by atoms with Gasteiger partial charge in [-0.25, -0.2) is 9.97 Å². The zero-order valence-corrected chi connectivity index (χ0v) is 11.6. The minimum Gasteiger partial charge on any atom is -0.334 e. The molecule has 0 bridgehead atoms. The zero-order chi connectivity index (χ0) is 11.8. The predicted molar refractivity (Wildman–Crippen MR) is 72.0 cm³/mol. The van der Waals surface area contributed by atoms with Gasteiger partial charge in [0.05, 0.1) is 11.1 Å². The molecule has 1 aliphatic carbocycles. The average Bonchev–Trinajstić information content (AvgIpc) is 2.66. The predicted octanol–water partition coefficient (Wildman–Crippen LogP) is 3.78. The first kappa shape index (κ1) is 11.2. The van der Waals surface area contributed by atoms with Crippen LogP contribution in [-0.2, 0) is 7.05 Å². The summed E-state index contributed by atoms with van der Waals surface area (Å²) in [4.78, 5) is 8.93. The van der Waals surface area contributed by atoms with E-state index in [9.17, 15) is 0 Å². The summed E-state index contributed by atoms with van der Waals surface area (Å²) in [6.45, 7) is 0. The maximum absolute atomic E-state index is 4.55. The van der Waals surface area contributed by atoms with E-state index < -0.39 is 0 Å². The van der Waals surface area contributed by atoms with E-state index in [-0.39, 0.29) is 0 Å². The summed E-state index contributed by atoms with van der Waals surface area (Å²) in [6.07, 6.45) is 10.4. The highest BCUT2D eigenvalue weighted by atomic mass is 79.9. The lowest BCUT2D eigenvalue weighted by Gasteiger charge is -2.21. The van der Waals surface area contributed by atoms with E-state index in [0.717, 1.165) is 10.1 Å². The third-order valence-corrected chi connectivity index (χ3v) is 4.33. The quantitative estimate of drug-likeness (QED) is 0.801. The summed E-state index contributed by atoms with van der Waals surface area (Å²) >= 11 is 3.63. The van der Waals surface area contributed by atoms with Gasteiger partial charge in [-0.05, 0) is 28.8 Å². The Morgan fingerprint density at radius 3 is 2.76 bits per heavy atom. The lowest BCUT2D eigenvalue weighted by atomic mass is 9.86. The number of rotatable bonds is 1. The molecule has 0 aliphatic heterocycles. The Bertz CT molecular complexity index is 541. The third-order valence-electron chi connectivity index (χ3n) is 3.73. The summed E-state index contributed by atoms with van der Waals surface area (Å²) in [5.74, 6) is 0.618. The van der Waals surface area contributed by atoms with Crippen LogP contribution in [0.1, 0.15) is 43.7 Å². The Labute approximate surface area is 109 Å². The second kappa shape index (κ2) is 4.41. The first-order chi connectivity index (χ1) is 8.27. The fourth-order valence-corrected chi connectivity index (χ4v) is 3.55. The van der Waals surface area contributed by atoms with Gasteiger partial charge in [0.1, 0.15) is 12.0 Å². The van der Waals surface area contributed by atoms with Crippen molar-refractivity contribution in [3.05, 3.63) is 22.7 Å². The molecule has 3 nitrogen and oxygen atoms in total. The first-order valence-electron chi connectivity index (χ1n) is 6.23. The summed E-state index contributed by atoms with van der Waals surface area (Å²) in [6, 6.07) is 0.